The van der Waals surface area contributed by atoms with Gasteiger partial charge in [-0.25, -0.2) is 4.79 Å². The van der Waals surface area contributed by atoms with Gasteiger partial charge in [0.15, 0.2) is 6.23 Å². The van der Waals surface area contributed by atoms with Crippen LogP contribution in [0, 0.1) is 0 Å². The number of hydrogen-bond acceptors (Lipinski definition) is 11. The lowest BCUT2D eigenvalue weighted by atomic mass is 9.77. The number of aliphatic hydroxyl groups excluding tert-OH is 2. The van der Waals surface area contributed by atoms with E-state index in [1.807, 2.05) is 158 Å². The first-order chi connectivity index (χ1) is 30.7. The summed E-state index contributed by atoms with van der Waals surface area (Å²) in [6.45, 7) is -0.174. The van der Waals surface area contributed by atoms with Crippen molar-refractivity contribution in [3.05, 3.63) is 214 Å². The molecule has 0 unspecified atom stereocenters. The number of aliphatic hydroxyl groups is 2. The molecule has 1 aliphatic rings. The predicted molar refractivity (Wildman–Crippen MR) is 239 cm³/mol. The summed E-state index contributed by atoms with van der Waals surface area (Å²) in [6.07, 6.45) is -3.74. The fraction of sp³-hybridized carbons (Fsp3) is 0.216. The molecule has 6 aromatic carbocycles. The Morgan fingerprint density at radius 3 is 1.38 bits per heavy atom. The minimum atomic E-state index is -1.49. The first-order valence-corrected chi connectivity index (χ1v) is 20.5. The molecule has 1 fully saturated rings. The smallest absolute Gasteiger partial charge is 0.351 e. The molecule has 1 saturated heterocycles. The van der Waals surface area contributed by atoms with Crippen LogP contribution in [0.5, 0.6) is 23.0 Å². The molecule has 8 rings (SSSR count). The van der Waals surface area contributed by atoms with E-state index in [1.165, 1.54) is 10.8 Å². The van der Waals surface area contributed by atoms with Crippen molar-refractivity contribution < 1.29 is 38.6 Å². The zero-order valence-electron chi connectivity index (χ0n) is 35.3. The van der Waals surface area contributed by atoms with E-state index in [0.717, 1.165) is 33.4 Å². The van der Waals surface area contributed by atoms with E-state index in [1.54, 1.807) is 34.5 Å². The second-order valence-corrected chi connectivity index (χ2v) is 15.1. The summed E-state index contributed by atoms with van der Waals surface area (Å²) in [5, 5.41) is 26.6. The molecule has 0 spiro atoms. The van der Waals surface area contributed by atoms with E-state index < -0.39 is 41.4 Å². The zero-order valence-corrected chi connectivity index (χ0v) is 35.3. The summed E-state index contributed by atoms with van der Waals surface area (Å²) >= 11 is 0. The van der Waals surface area contributed by atoms with Crippen molar-refractivity contribution >= 4 is 5.82 Å². The average molecular weight is 848 g/mol. The number of anilines is 1. The Morgan fingerprint density at radius 1 is 0.556 bits per heavy atom. The van der Waals surface area contributed by atoms with Crippen LogP contribution in [-0.2, 0) is 20.6 Å². The summed E-state index contributed by atoms with van der Waals surface area (Å²) in [7, 11) is 6.44. The van der Waals surface area contributed by atoms with Crippen molar-refractivity contribution in [2.45, 2.75) is 35.7 Å². The normalized spacial score (nSPS) is 17.5. The van der Waals surface area contributed by atoms with Gasteiger partial charge in [0.05, 0.1) is 35.0 Å². The number of benzene rings is 6. The lowest BCUT2D eigenvalue weighted by molar-refractivity contribution is -0.0958. The van der Waals surface area contributed by atoms with E-state index in [9.17, 15) is 15.0 Å². The standard InChI is InChI=1S/C51H49N3O9/c1-58-40-23-15-35(16-24-40)50(34-11-7-5-8-12-34,36-17-25-41(59-2)26-18-36)53-45-31-32-54(49(57)52-45)48-47(56)46(55)44(63-48)33-62-51(37-13-9-6-10-14-37,38-19-27-42(60-3)28-20-38)39-21-29-43(61-4)30-22-39/h5-32,44,46-48,55-56H,33H2,1-4H3,(H,52,53,57)/t44-,46-,47-,48-/m1/s1. The lowest BCUT2D eigenvalue weighted by Crippen LogP contribution is -2.40. The van der Waals surface area contributed by atoms with Crippen molar-refractivity contribution in [3.63, 3.8) is 0 Å². The highest BCUT2D eigenvalue weighted by molar-refractivity contribution is 5.59. The molecule has 12 heteroatoms. The van der Waals surface area contributed by atoms with Gasteiger partial charge in [0, 0.05) is 6.20 Å². The number of aromatic nitrogens is 2. The molecule has 0 aliphatic carbocycles. The van der Waals surface area contributed by atoms with Crippen molar-refractivity contribution in [2.24, 2.45) is 0 Å². The molecule has 0 bridgehead atoms. The van der Waals surface area contributed by atoms with Crippen LogP contribution in [-0.4, -0.2) is 73.1 Å². The monoisotopic (exact) mass is 847 g/mol. The van der Waals surface area contributed by atoms with E-state index in [-0.39, 0.29) is 12.4 Å². The number of ether oxygens (including phenoxy) is 6. The van der Waals surface area contributed by atoms with Gasteiger partial charge in [-0.1, -0.05) is 109 Å². The van der Waals surface area contributed by atoms with Crippen LogP contribution in [0.3, 0.4) is 0 Å². The zero-order chi connectivity index (χ0) is 44.0. The highest BCUT2D eigenvalue weighted by atomic mass is 16.6. The van der Waals surface area contributed by atoms with Crippen molar-refractivity contribution in [2.75, 3.05) is 40.4 Å². The number of nitrogens with zero attached hydrogens (tertiary/aromatic N) is 2. The fourth-order valence-corrected chi connectivity index (χ4v) is 8.33. The topological polar surface area (TPSA) is 143 Å². The number of nitrogens with one attached hydrogen (secondary N) is 1. The molecule has 7 aromatic rings. The highest BCUT2D eigenvalue weighted by Gasteiger charge is 2.47. The quantitative estimate of drug-likeness (QED) is 0.0844. The Kier molecular flexibility index (Phi) is 12.6. The molecular weight excluding hydrogens is 799 g/mol. The van der Waals surface area contributed by atoms with Crippen LogP contribution < -0.4 is 30.0 Å². The largest absolute Gasteiger partial charge is 0.497 e. The van der Waals surface area contributed by atoms with Crippen LogP contribution in [0.25, 0.3) is 0 Å². The Balaban J connectivity index is 1.12. The second-order valence-electron chi connectivity index (χ2n) is 15.1. The van der Waals surface area contributed by atoms with Gasteiger partial charge in [-0.05, 0) is 88.0 Å². The number of methoxy groups -OCH3 is 4. The summed E-state index contributed by atoms with van der Waals surface area (Å²) in [6, 6.07) is 51.7. The van der Waals surface area contributed by atoms with Crippen LogP contribution in [0.4, 0.5) is 5.82 Å². The van der Waals surface area contributed by atoms with Gasteiger partial charge in [0.25, 0.3) is 0 Å². The Morgan fingerprint density at radius 2 is 0.952 bits per heavy atom. The molecule has 0 radical (unpaired) electrons. The third-order valence-corrected chi connectivity index (χ3v) is 11.6. The predicted octanol–water partition coefficient (Wildman–Crippen LogP) is 7.31. The van der Waals surface area contributed by atoms with Gasteiger partial charge < -0.3 is 44.0 Å². The Hall–Kier alpha value is -6.96. The van der Waals surface area contributed by atoms with Gasteiger partial charge in [0.2, 0.25) is 0 Å². The minimum absolute atomic E-state index is 0.174. The molecule has 63 heavy (non-hydrogen) atoms. The summed E-state index contributed by atoms with van der Waals surface area (Å²) in [5.74, 6) is 2.96. The molecule has 1 aromatic heterocycles. The third kappa shape index (κ3) is 8.25. The van der Waals surface area contributed by atoms with E-state index >= 15 is 0 Å². The maximum absolute atomic E-state index is 14.1. The molecule has 0 amide bonds. The van der Waals surface area contributed by atoms with Crippen LogP contribution in [0.2, 0.25) is 0 Å². The molecule has 12 nitrogen and oxygen atoms in total. The minimum Gasteiger partial charge on any atom is -0.497 e. The van der Waals surface area contributed by atoms with Crippen molar-refractivity contribution in [1.29, 1.82) is 0 Å². The van der Waals surface area contributed by atoms with E-state index in [0.29, 0.717) is 23.0 Å². The molecular formula is C51H49N3O9. The Bertz CT molecular complexity index is 2530. The second kappa shape index (κ2) is 18.6. The van der Waals surface area contributed by atoms with Crippen molar-refractivity contribution in [1.82, 2.24) is 9.55 Å². The number of hydrogen-bond donors (Lipinski definition) is 3. The highest BCUT2D eigenvalue weighted by Crippen LogP contribution is 2.44. The first-order valence-electron chi connectivity index (χ1n) is 20.5. The van der Waals surface area contributed by atoms with Gasteiger partial charge in [-0.15, -0.1) is 0 Å². The van der Waals surface area contributed by atoms with Crippen LogP contribution in [0.1, 0.15) is 39.6 Å². The average Bonchev–Trinajstić information content (AvgIpc) is 3.63. The van der Waals surface area contributed by atoms with Crippen LogP contribution in [0.15, 0.2) is 175 Å². The Labute approximate surface area is 365 Å². The summed E-state index contributed by atoms with van der Waals surface area (Å²) < 4.78 is 36.4. The summed E-state index contributed by atoms with van der Waals surface area (Å²) in [5.41, 5.74) is 1.98. The molecule has 322 valence electrons. The SMILES string of the molecule is COc1ccc(C(Nc2ccn([C@@H]3O[C@H](COC(c4ccccc4)(c4ccc(OC)cc4)c4ccc(OC)cc4)[C@@H](O)[C@H]3O)c(=O)n2)(c2ccccc2)c2ccc(OC)cc2)cc1. The molecule has 0 saturated carbocycles. The van der Waals surface area contributed by atoms with E-state index in [2.05, 4.69) is 10.3 Å². The van der Waals surface area contributed by atoms with Gasteiger partial charge >= 0.3 is 5.69 Å². The van der Waals surface area contributed by atoms with Crippen molar-refractivity contribution in [3.8, 4) is 23.0 Å². The lowest BCUT2D eigenvalue weighted by Gasteiger charge is -2.37. The molecule has 4 atom stereocenters. The maximum Gasteiger partial charge on any atom is 0.351 e. The summed E-state index contributed by atoms with van der Waals surface area (Å²) in [4.78, 5) is 18.6. The third-order valence-electron chi connectivity index (χ3n) is 11.6. The molecule has 2 heterocycles. The van der Waals surface area contributed by atoms with Gasteiger partial charge in [-0.3, -0.25) is 4.57 Å². The fourth-order valence-electron chi connectivity index (χ4n) is 8.33. The number of rotatable bonds is 16. The van der Waals surface area contributed by atoms with Gasteiger partial charge in [-0.2, -0.15) is 4.98 Å². The van der Waals surface area contributed by atoms with Crippen LogP contribution >= 0.6 is 0 Å². The maximum atomic E-state index is 14.1. The first kappa shape index (κ1) is 42.7. The molecule has 3 N–H and O–H groups in total. The van der Waals surface area contributed by atoms with Gasteiger partial charge in [0.1, 0.15) is 58.3 Å². The van der Waals surface area contributed by atoms with E-state index in [4.69, 9.17) is 28.4 Å². The molecule has 1 aliphatic heterocycles.